The topological polar surface area (TPSA) is 77.0 Å². The van der Waals surface area contributed by atoms with E-state index < -0.39 is 18.0 Å². The summed E-state index contributed by atoms with van der Waals surface area (Å²) in [7, 11) is 0. The van der Waals surface area contributed by atoms with Gasteiger partial charge >= 0.3 is 6.03 Å². The molecule has 0 aromatic carbocycles. The predicted molar refractivity (Wildman–Crippen MR) is 98.2 cm³/mol. The fourth-order valence-electron chi connectivity index (χ4n) is 2.69. The van der Waals surface area contributed by atoms with E-state index in [9.17, 15) is 9.59 Å². The Balaban J connectivity index is 1.80. The highest BCUT2D eigenvalue weighted by Crippen LogP contribution is 2.04. The van der Waals surface area contributed by atoms with Crippen molar-refractivity contribution in [3.05, 3.63) is 23.9 Å². The van der Waals surface area contributed by atoms with Gasteiger partial charge in [0.2, 0.25) is 0 Å². The number of urea groups is 1. The normalized spacial score (nSPS) is 22.4. The monoisotopic (exact) mass is 343 g/mol. The van der Waals surface area contributed by atoms with Gasteiger partial charge < -0.3 is 15.1 Å². The maximum absolute atomic E-state index is 11.5. The molecule has 7 nitrogen and oxygen atoms in total. The number of nitrogens with one attached hydrogen (secondary N) is 2. The van der Waals surface area contributed by atoms with E-state index in [-0.39, 0.29) is 0 Å². The first kappa shape index (κ1) is 18.9. The van der Waals surface area contributed by atoms with Crippen molar-refractivity contribution in [3.63, 3.8) is 0 Å². The molecule has 0 radical (unpaired) electrons. The molecule has 2 rings (SSSR count). The highest BCUT2D eigenvalue weighted by molar-refractivity contribution is 6.05. The van der Waals surface area contributed by atoms with Crippen molar-refractivity contribution in [3.8, 4) is 11.8 Å². The van der Waals surface area contributed by atoms with Crippen LogP contribution in [0.5, 0.6) is 0 Å². The Labute approximate surface area is 148 Å². The van der Waals surface area contributed by atoms with Gasteiger partial charge in [-0.3, -0.25) is 15.1 Å². The minimum absolute atomic E-state index is 0.432. The molecule has 25 heavy (non-hydrogen) atoms. The molecule has 0 saturated carbocycles. The lowest BCUT2D eigenvalue weighted by atomic mass is 10.2. The average molecular weight is 343 g/mol. The van der Waals surface area contributed by atoms with E-state index in [1.54, 1.807) is 0 Å². The van der Waals surface area contributed by atoms with Gasteiger partial charge in [-0.2, -0.15) is 0 Å². The fraction of sp³-hybridized carbons (Fsp3) is 0.500. The zero-order valence-corrected chi connectivity index (χ0v) is 14.6. The lowest BCUT2D eigenvalue weighted by Gasteiger charge is -2.33. The van der Waals surface area contributed by atoms with Crippen molar-refractivity contribution in [2.24, 2.45) is 4.99 Å². The number of rotatable bonds is 6. The molecule has 0 bridgehead atoms. The van der Waals surface area contributed by atoms with E-state index in [0.29, 0.717) is 5.57 Å². The van der Waals surface area contributed by atoms with Gasteiger partial charge in [0.05, 0.1) is 0 Å². The van der Waals surface area contributed by atoms with Crippen LogP contribution in [-0.4, -0.2) is 73.8 Å². The van der Waals surface area contributed by atoms with E-state index in [4.69, 9.17) is 0 Å². The van der Waals surface area contributed by atoms with E-state index in [2.05, 4.69) is 50.9 Å². The highest BCUT2D eigenvalue weighted by atomic mass is 16.2. The van der Waals surface area contributed by atoms with Crippen molar-refractivity contribution in [1.29, 1.82) is 0 Å². The van der Waals surface area contributed by atoms with Crippen LogP contribution in [0.4, 0.5) is 4.79 Å². The lowest BCUT2D eigenvalue weighted by molar-refractivity contribution is -0.119. The van der Waals surface area contributed by atoms with Crippen LogP contribution in [0.2, 0.25) is 0 Å². The SMILES string of the molecule is C=N/C=C(C#CC1NC(=O)NC1=O)\C=C/CCN1CCN(CC)CC1. The molecule has 2 fully saturated rings. The van der Waals surface area contributed by atoms with Crippen molar-refractivity contribution in [2.45, 2.75) is 19.4 Å². The van der Waals surface area contributed by atoms with Crippen LogP contribution in [0.15, 0.2) is 28.9 Å². The molecule has 2 heterocycles. The van der Waals surface area contributed by atoms with Crippen molar-refractivity contribution < 1.29 is 9.59 Å². The Kier molecular flexibility index (Phi) is 7.38. The largest absolute Gasteiger partial charge is 0.322 e. The molecular weight excluding hydrogens is 318 g/mol. The second-order valence-electron chi connectivity index (χ2n) is 5.90. The molecule has 1 atom stereocenters. The zero-order chi connectivity index (χ0) is 18.1. The van der Waals surface area contributed by atoms with E-state index in [1.807, 2.05) is 12.2 Å². The van der Waals surface area contributed by atoms with Crippen molar-refractivity contribution in [2.75, 3.05) is 39.3 Å². The summed E-state index contributed by atoms with van der Waals surface area (Å²) in [6.07, 6.45) is 6.38. The fourth-order valence-corrected chi connectivity index (χ4v) is 2.69. The van der Waals surface area contributed by atoms with Crippen LogP contribution in [0, 0.1) is 11.8 Å². The Morgan fingerprint density at radius 1 is 1.32 bits per heavy atom. The molecule has 0 aromatic heterocycles. The van der Waals surface area contributed by atoms with Crippen LogP contribution < -0.4 is 10.6 Å². The predicted octanol–water partition coefficient (Wildman–Crippen LogP) is 0.366. The first-order chi connectivity index (χ1) is 12.1. The summed E-state index contributed by atoms with van der Waals surface area (Å²) in [6, 6.07) is -1.33. The van der Waals surface area contributed by atoms with Crippen molar-refractivity contribution in [1.82, 2.24) is 20.4 Å². The maximum Gasteiger partial charge on any atom is 0.322 e. The number of amides is 3. The van der Waals surface area contributed by atoms with Crippen LogP contribution >= 0.6 is 0 Å². The number of hydrogen-bond acceptors (Lipinski definition) is 5. The van der Waals surface area contributed by atoms with Gasteiger partial charge in [0, 0.05) is 44.5 Å². The molecule has 1 unspecified atom stereocenters. The molecule has 2 N–H and O–H groups in total. The number of likely N-dealkylation sites (N-methyl/N-ethyl adjacent to an activating group) is 1. The standard InChI is InChI=1S/C18H25N5O2/c1-3-22-10-12-23(13-11-22)9-5-4-6-15(14-19-2)7-8-16-17(24)21-18(25)20-16/h4,6,14,16H,2-3,5,9-13H2,1H3,(H2,20,21,24,25)/b6-4-,15-14+. The highest BCUT2D eigenvalue weighted by Gasteiger charge is 2.27. The molecule has 7 heteroatoms. The summed E-state index contributed by atoms with van der Waals surface area (Å²) >= 11 is 0. The van der Waals surface area contributed by atoms with Crippen LogP contribution in [0.1, 0.15) is 13.3 Å². The molecule has 3 amide bonds. The van der Waals surface area contributed by atoms with Gasteiger partial charge in [-0.25, -0.2) is 4.79 Å². The molecule has 0 aliphatic carbocycles. The summed E-state index contributed by atoms with van der Waals surface area (Å²) in [6.45, 7) is 12.2. The van der Waals surface area contributed by atoms with E-state index in [0.717, 1.165) is 45.7 Å². The van der Waals surface area contributed by atoms with E-state index >= 15 is 0 Å². The number of hydrogen-bond donors (Lipinski definition) is 2. The molecule has 2 aliphatic rings. The number of carbonyl (C=O) groups excluding carboxylic acids is 2. The van der Waals surface area contributed by atoms with Gasteiger partial charge in [-0.15, -0.1) is 0 Å². The van der Waals surface area contributed by atoms with Gasteiger partial charge in [-0.1, -0.05) is 24.8 Å². The Morgan fingerprint density at radius 2 is 2.04 bits per heavy atom. The Morgan fingerprint density at radius 3 is 2.64 bits per heavy atom. The minimum atomic E-state index is -0.816. The van der Waals surface area contributed by atoms with Gasteiger partial charge in [0.15, 0.2) is 6.04 Å². The second kappa shape index (κ2) is 9.77. The van der Waals surface area contributed by atoms with Gasteiger partial charge in [0.25, 0.3) is 5.91 Å². The first-order valence-electron chi connectivity index (χ1n) is 8.52. The first-order valence-corrected chi connectivity index (χ1v) is 8.52. The minimum Gasteiger partial charge on any atom is -0.316 e. The lowest BCUT2D eigenvalue weighted by Crippen LogP contribution is -2.46. The average Bonchev–Trinajstić information content (AvgIpc) is 2.94. The second-order valence-corrected chi connectivity index (χ2v) is 5.90. The van der Waals surface area contributed by atoms with Crippen LogP contribution in [0.25, 0.3) is 0 Å². The van der Waals surface area contributed by atoms with E-state index in [1.165, 1.54) is 6.20 Å². The summed E-state index contributed by atoms with van der Waals surface area (Å²) in [5, 5.41) is 4.58. The van der Waals surface area contributed by atoms with Crippen molar-refractivity contribution >= 4 is 18.7 Å². The summed E-state index contributed by atoms with van der Waals surface area (Å²) in [4.78, 5) is 31.2. The van der Waals surface area contributed by atoms with Gasteiger partial charge in [0.1, 0.15) is 0 Å². The summed E-state index contributed by atoms with van der Waals surface area (Å²) in [5.41, 5.74) is 0.653. The number of carbonyl (C=O) groups is 2. The molecular formula is C18H25N5O2. The van der Waals surface area contributed by atoms with Crippen LogP contribution in [-0.2, 0) is 4.79 Å². The number of aliphatic imine (C=N–C) groups is 1. The molecule has 2 saturated heterocycles. The quantitative estimate of drug-likeness (QED) is 0.316. The number of piperazine rings is 1. The molecule has 2 aliphatic heterocycles. The summed E-state index contributed by atoms with van der Waals surface area (Å²) in [5.74, 6) is 5.16. The Bertz CT molecular complexity index is 621. The molecule has 134 valence electrons. The Hall–Kier alpha value is -2.43. The van der Waals surface area contributed by atoms with Crippen LogP contribution in [0.3, 0.4) is 0 Å². The number of allylic oxidation sites excluding steroid dienone is 2. The third kappa shape index (κ3) is 6.18. The smallest absolute Gasteiger partial charge is 0.316 e. The molecule has 0 spiro atoms. The third-order valence-corrected chi connectivity index (χ3v) is 4.19. The zero-order valence-electron chi connectivity index (χ0n) is 14.6. The summed E-state index contributed by atoms with van der Waals surface area (Å²) < 4.78 is 0. The molecule has 0 aromatic rings. The maximum atomic E-state index is 11.5. The number of imide groups is 1. The van der Waals surface area contributed by atoms with Gasteiger partial charge in [-0.05, 0) is 25.8 Å². The third-order valence-electron chi connectivity index (χ3n) is 4.19. The number of nitrogens with zero attached hydrogens (tertiary/aromatic N) is 3.